The lowest BCUT2D eigenvalue weighted by molar-refractivity contribution is 0.186. The molecule has 0 aromatic rings. The Kier molecular flexibility index (Phi) is 4.20. The summed E-state index contributed by atoms with van der Waals surface area (Å²) < 4.78 is 0. The van der Waals surface area contributed by atoms with Crippen LogP contribution < -0.4 is 10.6 Å². The van der Waals surface area contributed by atoms with Gasteiger partial charge in [-0.2, -0.15) is 0 Å². The third kappa shape index (κ3) is 3.96. The fraction of sp³-hybridized carbons (Fsp3) is 0.900. The molecule has 0 radical (unpaired) electrons. The summed E-state index contributed by atoms with van der Waals surface area (Å²) in [5.41, 5.74) is 0. The minimum atomic E-state index is -0.483. The predicted molar refractivity (Wildman–Crippen MR) is 55.0 cm³/mol. The molecular formula is C10H20N2O2. The summed E-state index contributed by atoms with van der Waals surface area (Å²) in [6, 6.07) is 0.156. The van der Waals surface area contributed by atoms with Gasteiger partial charge in [0.25, 0.3) is 0 Å². The molecule has 3 atom stereocenters. The molecule has 14 heavy (non-hydrogen) atoms. The zero-order valence-corrected chi connectivity index (χ0v) is 8.92. The van der Waals surface area contributed by atoms with Gasteiger partial charge in [-0.3, -0.25) is 0 Å². The number of hydrogen-bond donors (Lipinski definition) is 3. The molecule has 1 aliphatic rings. The number of rotatable bonds is 3. The molecule has 1 fully saturated rings. The van der Waals surface area contributed by atoms with Crippen LogP contribution in [0.25, 0.3) is 0 Å². The van der Waals surface area contributed by atoms with E-state index in [4.69, 9.17) is 5.11 Å². The number of aliphatic hydroxyl groups excluding tert-OH is 1. The number of hydrogen-bond acceptors (Lipinski definition) is 2. The first-order chi connectivity index (χ1) is 6.58. The first-order valence-corrected chi connectivity index (χ1v) is 5.30. The topological polar surface area (TPSA) is 61.4 Å². The molecule has 1 aliphatic carbocycles. The molecule has 2 amide bonds. The van der Waals surface area contributed by atoms with E-state index < -0.39 is 6.10 Å². The van der Waals surface area contributed by atoms with E-state index in [9.17, 15) is 4.79 Å². The second-order valence-electron chi connectivity index (χ2n) is 4.32. The molecule has 0 saturated heterocycles. The number of carbonyl (C=O) groups is 1. The van der Waals surface area contributed by atoms with Crippen LogP contribution in [0.15, 0.2) is 0 Å². The van der Waals surface area contributed by atoms with Crippen molar-refractivity contribution in [1.29, 1.82) is 0 Å². The van der Waals surface area contributed by atoms with Crippen LogP contribution in [-0.2, 0) is 0 Å². The van der Waals surface area contributed by atoms with Gasteiger partial charge in [0.1, 0.15) is 0 Å². The molecule has 1 saturated carbocycles. The molecule has 4 heteroatoms. The van der Waals surface area contributed by atoms with E-state index in [1.807, 2.05) is 0 Å². The predicted octanol–water partition coefficient (Wildman–Crippen LogP) is 0.855. The average Bonchev–Trinajstić information content (AvgIpc) is 2.48. The first kappa shape index (κ1) is 11.3. The largest absolute Gasteiger partial charge is 0.392 e. The lowest BCUT2D eigenvalue weighted by Crippen LogP contribution is -2.43. The molecule has 0 spiro atoms. The summed E-state index contributed by atoms with van der Waals surface area (Å²) in [5, 5.41) is 14.5. The van der Waals surface area contributed by atoms with Crippen molar-refractivity contribution in [2.75, 3.05) is 6.54 Å². The van der Waals surface area contributed by atoms with Gasteiger partial charge in [0, 0.05) is 12.6 Å². The average molecular weight is 200 g/mol. The van der Waals surface area contributed by atoms with Gasteiger partial charge in [0.05, 0.1) is 6.10 Å². The van der Waals surface area contributed by atoms with Crippen molar-refractivity contribution in [3.8, 4) is 0 Å². The van der Waals surface area contributed by atoms with E-state index in [-0.39, 0.29) is 6.03 Å². The zero-order valence-electron chi connectivity index (χ0n) is 8.92. The van der Waals surface area contributed by atoms with Gasteiger partial charge in [-0.1, -0.05) is 6.92 Å². The van der Waals surface area contributed by atoms with E-state index in [1.54, 1.807) is 6.92 Å². The summed E-state index contributed by atoms with van der Waals surface area (Å²) in [7, 11) is 0. The molecule has 4 nitrogen and oxygen atoms in total. The highest BCUT2D eigenvalue weighted by Gasteiger charge is 2.22. The molecule has 0 bridgehead atoms. The van der Waals surface area contributed by atoms with Crippen LogP contribution in [0.3, 0.4) is 0 Å². The number of amides is 2. The van der Waals surface area contributed by atoms with Gasteiger partial charge in [0.15, 0.2) is 0 Å². The van der Waals surface area contributed by atoms with E-state index in [2.05, 4.69) is 17.6 Å². The van der Waals surface area contributed by atoms with E-state index in [0.29, 0.717) is 12.6 Å². The van der Waals surface area contributed by atoms with Crippen molar-refractivity contribution >= 4 is 6.03 Å². The normalized spacial score (nSPS) is 28.5. The Balaban J connectivity index is 2.14. The van der Waals surface area contributed by atoms with Crippen molar-refractivity contribution in [3.05, 3.63) is 0 Å². The van der Waals surface area contributed by atoms with E-state index in [1.165, 1.54) is 6.42 Å². The lowest BCUT2D eigenvalue weighted by Gasteiger charge is -2.14. The molecule has 0 heterocycles. The molecule has 0 aromatic carbocycles. The van der Waals surface area contributed by atoms with Crippen LogP contribution in [0, 0.1) is 5.92 Å². The van der Waals surface area contributed by atoms with Gasteiger partial charge in [-0.25, -0.2) is 4.79 Å². The minimum Gasteiger partial charge on any atom is -0.392 e. The number of carbonyl (C=O) groups excluding carboxylic acids is 1. The molecule has 3 N–H and O–H groups in total. The fourth-order valence-electron chi connectivity index (χ4n) is 1.82. The monoisotopic (exact) mass is 200 g/mol. The van der Waals surface area contributed by atoms with Crippen LogP contribution in [0.4, 0.5) is 4.79 Å². The fourth-order valence-corrected chi connectivity index (χ4v) is 1.82. The van der Waals surface area contributed by atoms with Crippen LogP contribution in [0.5, 0.6) is 0 Å². The van der Waals surface area contributed by atoms with Crippen molar-refractivity contribution in [2.45, 2.75) is 45.3 Å². The Morgan fingerprint density at radius 1 is 1.57 bits per heavy atom. The summed E-state index contributed by atoms with van der Waals surface area (Å²) in [6.45, 7) is 4.17. The smallest absolute Gasteiger partial charge is 0.315 e. The summed E-state index contributed by atoms with van der Waals surface area (Å²) >= 11 is 0. The maximum Gasteiger partial charge on any atom is 0.315 e. The summed E-state index contributed by atoms with van der Waals surface area (Å²) in [4.78, 5) is 11.3. The van der Waals surface area contributed by atoms with Crippen LogP contribution in [0.1, 0.15) is 33.1 Å². The van der Waals surface area contributed by atoms with Crippen LogP contribution in [-0.4, -0.2) is 29.8 Å². The lowest BCUT2D eigenvalue weighted by atomic mass is 10.1. The van der Waals surface area contributed by atoms with E-state index >= 15 is 0 Å². The maximum absolute atomic E-state index is 11.3. The van der Waals surface area contributed by atoms with Crippen molar-refractivity contribution in [1.82, 2.24) is 10.6 Å². The summed E-state index contributed by atoms with van der Waals surface area (Å²) in [6.07, 6.45) is 2.86. The maximum atomic E-state index is 11.3. The Morgan fingerprint density at radius 3 is 2.79 bits per heavy atom. The molecule has 0 aliphatic heterocycles. The molecule has 1 rings (SSSR count). The highest BCUT2D eigenvalue weighted by molar-refractivity contribution is 5.74. The van der Waals surface area contributed by atoms with Crippen LogP contribution >= 0.6 is 0 Å². The van der Waals surface area contributed by atoms with Gasteiger partial charge in [0.2, 0.25) is 0 Å². The van der Waals surface area contributed by atoms with Gasteiger partial charge >= 0.3 is 6.03 Å². The Morgan fingerprint density at radius 2 is 2.29 bits per heavy atom. The molecule has 82 valence electrons. The first-order valence-electron chi connectivity index (χ1n) is 5.30. The quantitative estimate of drug-likeness (QED) is 0.632. The minimum absolute atomic E-state index is 0.162. The molecule has 0 unspecified atom stereocenters. The van der Waals surface area contributed by atoms with Gasteiger partial charge < -0.3 is 15.7 Å². The second-order valence-corrected chi connectivity index (χ2v) is 4.32. The third-order valence-electron chi connectivity index (χ3n) is 2.59. The SMILES string of the molecule is C[C@H]1CC[C@H](NC(=O)NC[C@H](C)O)C1. The molecular weight excluding hydrogens is 180 g/mol. The van der Waals surface area contributed by atoms with Gasteiger partial charge in [-0.05, 0) is 32.1 Å². The number of aliphatic hydroxyl groups is 1. The molecule has 0 aromatic heterocycles. The highest BCUT2D eigenvalue weighted by atomic mass is 16.3. The Hall–Kier alpha value is -0.770. The Bertz CT molecular complexity index is 195. The van der Waals surface area contributed by atoms with Gasteiger partial charge in [-0.15, -0.1) is 0 Å². The van der Waals surface area contributed by atoms with Crippen LogP contribution in [0.2, 0.25) is 0 Å². The number of nitrogens with one attached hydrogen (secondary N) is 2. The van der Waals surface area contributed by atoms with E-state index in [0.717, 1.165) is 18.8 Å². The standard InChI is InChI=1S/C10H20N2O2/c1-7-3-4-9(5-7)12-10(14)11-6-8(2)13/h7-9,13H,3-6H2,1-2H3,(H2,11,12,14)/t7-,8-,9-/m0/s1. The second kappa shape index (κ2) is 5.20. The highest BCUT2D eigenvalue weighted by Crippen LogP contribution is 2.24. The van der Waals surface area contributed by atoms with Crippen molar-refractivity contribution in [3.63, 3.8) is 0 Å². The summed E-state index contributed by atoms with van der Waals surface area (Å²) in [5.74, 6) is 0.720. The van der Waals surface area contributed by atoms with Crippen molar-refractivity contribution in [2.24, 2.45) is 5.92 Å². The number of urea groups is 1. The zero-order chi connectivity index (χ0) is 10.6. The van der Waals surface area contributed by atoms with Crippen molar-refractivity contribution < 1.29 is 9.90 Å². The Labute approximate surface area is 85.1 Å². The third-order valence-corrected chi connectivity index (χ3v) is 2.59.